The number of tetrazole rings is 1. The Hall–Kier alpha value is -2.77. The van der Waals surface area contributed by atoms with E-state index in [4.69, 9.17) is 4.74 Å². The largest absolute Gasteiger partial charge is 0.469 e. The monoisotopic (exact) mass is 317 g/mol. The minimum absolute atomic E-state index is 0.154. The van der Waals surface area contributed by atoms with Crippen LogP contribution in [0, 0.1) is 5.92 Å². The van der Waals surface area contributed by atoms with Crippen molar-refractivity contribution in [1.29, 1.82) is 0 Å². The molecule has 1 aromatic heterocycles. The van der Waals surface area contributed by atoms with Crippen LogP contribution in [0.1, 0.15) is 24.2 Å². The van der Waals surface area contributed by atoms with Gasteiger partial charge in [0.15, 0.2) is 0 Å². The van der Waals surface area contributed by atoms with Gasteiger partial charge in [-0.25, -0.2) is 4.68 Å². The number of nitrogens with zero attached hydrogens (tertiary/aromatic N) is 5. The Kier molecular flexibility index (Phi) is 5.40. The molecular weight excluding hydrogens is 298 g/mol. The van der Waals surface area contributed by atoms with Gasteiger partial charge in [0.05, 0.1) is 18.7 Å². The predicted octanol–water partition coefficient (Wildman–Crippen LogP) is 0.933. The summed E-state index contributed by atoms with van der Waals surface area (Å²) in [5.74, 6) is -0.872. The van der Waals surface area contributed by atoms with Crippen LogP contribution in [0.15, 0.2) is 30.6 Å². The highest BCUT2D eigenvalue weighted by atomic mass is 16.5. The van der Waals surface area contributed by atoms with Gasteiger partial charge in [-0.1, -0.05) is 13.0 Å². The highest BCUT2D eigenvalue weighted by molar-refractivity contribution is 5.95. The second kappa shape index (κ2) is 7.48. The normalized spacial score (nSPS) is 11.8. The van der Waals surface area contributed by atoms with Crippen molar-refractivity contribution >= 4 is 11.9 Å². The number of amides is 1. The van der Waals surface area contributed by atoms with E-state index in [-0.39, 0.29) is 17.8 Å². The van der Waals surface area contributed by atoms with Crippen LogP contribution in [0.25, 0.3) is 5.69 Å². The lowest BCUT2D eigenvalue weighted by Gasteiger charge is -2.23. The lowest BCUT2D eigenvalue weighted by molar-refractivity contribution is -0.145. The third-order valence-corrected chi connectivity index (χ3v) is 3.47. The van der Waals surface area contributed by atoms with Crippen molar-refractivity contribution in [3.05, 3.63) is 36.2 Å². The summed E-state index contributed by atoms with van der Waals surface area (Å²) in [6.45, 7) is 4.40. The average Bonchev–Trinajstić information content (AvgIpc) is 3.12. The molecule has 1 amide bonds. The number of carbonyl (C=O) groups excluding carboxylic acids is 2. The lowest BCUT2D eigenvalue weighted by atomic mass is 10.1. The molecule has 8 nitrogen and oxygen atoms in total. The van der Waals surface area contributed by atoms with Gasteiger partial charge < -0.3 is 9.64 Å². The molecule has 2 rings (SSSR count). The highest BCUT2D eigenvalue weighted by Crippen LogP contribution is 2.13. The zero-order valence-corrected chi connectivity index (χ0v) is 13.3. The molecule has 0 saturated carbocycles. The summed E-state index contributed by atoms with van der Waals surface area (Å²) < 4.78 is 6.18. The van der Waals surface area contributed by atoms with Crippen LogP contribution in [0.2, 0.25) is 0 Å². The first-order chi connectivity index (χ1) is 11.1. The Morgan fingerprint density at radius 3 is 2.78 bits per heavy atom. The molecule has 2 aromatic rings. The number of carbonyl (C=O) groups is 2. The summed E-state index contributed by atoms with van der Waals surface area (Å²) in [6, 6.07) is 7.01. The molecule has 0 radical (unpaired) electrons. The number of rotatable bonds is 6. The number of esters is 1. The van der Waals surface area contributed by atoms with Gasteiger partial charge in [0.1, 0.15) is 6.33 Å². The van der Waals surface area contributed by atoms with Crippen molar-refractivity contribution in [1.82, 2.24) is 25.1 Å². The number of methoxy groups -OCH3 is 1. The molecule has 0 unspecified atom stereocenters. The van der Waals surface area contributed by atoms with Crippen LogP contribution in [-0.2, 0) is 9.53 Å². The highest BCUT2D eigenvalue weighted by Gasteiger charge is 2.21. The van der Waals surface area contributed by atoms with E-state index in [9.17, 15) is 9.59 Å². The average molecular weight is 317 g/mol. The van der Waals surface area contributed by atoms with E-state index in [1.807, 2.05) is 6.92 Å². The molecule has 1 atom stereocenters. The Bertz CT molecular complexity index is 672. The molecule has 0 aliphatic heterocycles. The number of aromatic nitrogens is 4. The maximum atomic E-state index is 12.7. The molecule has 0 spiro atoms. The summed E-state index contributed by atoms with van der Waals surface area (Å²) in [5, 5.41) is 11.0. The van der Waals surface area contributed by atoms with Crippen molar-refractivity contribution in [3.8, 4) is 5.69 Å². The van der Waals surface area contributed by atoms with Gasteiger partial charge in [-0.3, -0.25) is 9.59 Å². The minimum Gasteiger partial charge on any atom is -0.469 e. The summed E-state index contributed by atoms with van der Waals surface area (Å²) in [6.07, 6.45) is 1.46. The van der Waals surface area contributed by atoms with Crippen LogP contribution in [0.3, 0.4) is 0 Å². The van der Waals surface area contributed by atoms with Crippen LogP contribution < -0.4 is 0 Å². The molecular formula is C15H19N5O3. The van der Waals surface area contributed by atoms with Gasteiger partial charge in [-0.15, -0.1) is 5.10 Å². The van der Waals surface area contributed by atoms with E-state index in [0.29, 0.717) is 24.3 Å². The third kappa shape index (κ3) is 3.91. The molecule has 122 valence electrons. The van der Waals surface area contributed by atoms with E-state index >= 15 is 0 Å². The fourth-order valence-electron chi connectivity index (χ4n) is 2.21. The molecule has 0 bridgehead atoms. The molecule has 0 fully saturated rings. The van der Waals surface area contributed by atoms with Crippen molar-refractivity contribution in [2.45, 2.75) is 13.8 Å². The molecule has 0 saturated heterocycles. The molecule has 0 aliphatic rings. The Labute approximate surface area is 134 Å². The van der Waals surface area contributed by atoms with Crippen molar-refractivity contribution in [2.75, 3.05) is 20.2 Å². The van der Waals surface area contributed by atoms with E-state index in [0.717, 1.165) is 0 Å². The topological polar surface area (TPSA) is 90.2 Å². The SMILES string of the molecule is CCN(C[C@@H](C)C(=O)OC)C(=O)c1cccc(-n2cnnn2)c1. The second-order valence-corrected chi connectivity index (χ2v) is 5.07. The Morgan fingerprint density at radius 1 is 1.39 bits per heavy atom. The fourth-order valence-corrected chi connectivity index (χ4v) is 2.21. The van der Waals surface area contributed by atoms with Crippen LogP contribution >= 0.6 is 0 Å². The fraction of sp³-hybridized carbons (Fsp3) is 0.400. The zero-order valence-electron chi connectivity index (χ0n) is 13.3. The van der Waals surface area contributed by atoms with Crippen LogP contribution in [0.4, 0.5) is 0 Å². The van der Waals surface area contributed by atoms with E-state index in [2.05, 4.69) is 15.5 Å². The molecule has 23 heavy (non-hydrogen) atoms. The van der Waals surface area contributed by atoms with Gasteiger partial charge in [-0.05, 0) is 35.5 Å². The molecule has 0 aliphatic carbocycles. The van der Waals surface area contributed by atoms with Crippen LogP contribution in [0.5, 0.6) is 0 Å². The summed E-state index contributed by atoms with van der Waals surface area (Å²) in [4.78, 5) is 25.8. The maximum Gasteiger partial charge on any atom is 0.310 e. The predicted molar refractivity (Wildman–Crippen MR) is 81.9 cm³/mol. The summed E-state index contributed by atoms with van der Waals surface area (Å²) >= 11 is 0. The summed E-state index contributed by atoms with van der Waals surface area (Å²) in [7, 11) is 1.34. The molecule has 1 aromatic carbocycles. The number of benzene rings is 1. The molecule has 0 N–H and O–H groups in total. The van der Waals surface area contributed by atoms with Crippen molar-refractivity contribution in [3.63, 3.8) is 0 Å². The van der Waals surface area contributed by atoms with Crippen molar-refractivity contribution in [2.24, 2.45) is 5.92 Å². The summed E-state index contributed by atoms with van der Waals surface area (Å²) in [5.41, 5.74) is 1.20. The Balaban J connectivity index is 2.18. The Morgan fingerprint density at radius 2 is 2.17 bits per heavy atom. The first-order valence-electron chi connectivity index (χ1n) is 7.27. The second-order valence-electron chi connectivity index (χ2n) is 5.07. The smallest absolute Gasteiger partial charge is 0.310 e. The number of ether oxygens (including phenoxy) is 1. The lowest BCUT2D eigenvalue weighted by Crippen LogP contribution is -2.37. The first-order valence-corrected chi connectivity index (χ1v) is 7.27. The first kappa shape index (κ1) is 16.6. The quantitative estimate of drug-likeness (QED) is 0.736. The van der Waals surface area contributed by atoms with Crippen LogP contribution in [-0.4, -0.2) is 57.2 Å². The zero-order chi connectivity index (χ0) is 16.8. The number of hydrogen-bond acceptors (Lipinski definition) is 6. The van der Waals surface area contributed by atoms with Crippen molar-refractivity contribution < 1.29 is 14.3 Å². The van der Waals surface area contributed by atoms with Gasteiger partial charge >= 0.3 is 5.97 Å². The molecule has 1 heterocycles. The minimum atomic E-state index is -0.383. The standard InChI is InChI=1S/C15H19N5O3/c1-4-19(9-11(2)15(22)23-3)14(21)12-6-5-7-13(8-12)20-10-16-17-18-20/h5-8,10-11H,4,9H2,1-3H3/t11-/m1/s1. The van der Waals surface area contributed by atoms with Gasteiger partial charge in [-0.2, -0.15) is 0 Å². The van der Waals surface area contributed by atoms with Gasteiger partial charge in [0.2, 0.25) is 0 Å². The number of hydrogen-bond donors (Lipinski definition) is 0. The maximum absolute atomic E-state index is 12.7. The van der Waals surface area contributed by atoms with Gasteiger partial charge in [0, 0.05) is 18.7 Å². The van der Waals surface area contributed by atoms with E-state index in [1.165, 1.54) is 18.1 Å². The third-order valence-electron chi connectivity index (χ3n) is 3.47. The van der Waals surface area contributed by atoms with Gasteiger partial charge in [0.25, 0.3) is 5.91 Å². The van der Waals surface area contributed by atoms with E-state index < -0.39 is 0 Å². The van der Waals surface area contributed by atoms with E-state index in [1.54, 1.807) is 36.1 Å². The molecule has 8 heteroatoms.